The van der Waals surface area contributed by atoms with Gasteiger partial charge in [-0.25, -0.2) is 0 Å². The molecule has 98 heavy (non-hydrogen) atoms. The second-order valence-electron chi connectivity index (χ2n) is 23.5. The van der Waals surface area contributed by atoms with Crippen LogP contribution in [0.15, 0.2) is 212 Å². The number of benzene rings is 11. The van der Waals surface area contributed by atoms with Crippen molar-refractivity contribution in [2.75, 3.05) is 0 Å². The Morgan fingerprint density at radius 1 is 0.204 bits per heavy atom. The predicted octanol–water partition coefficient (Wildman–Crippen LogP) is 29.5. The number of rotatable bonds is 0. The Kier molecular flexibility index (Phi) is 34.5. The summed E-state index contributed by atoms with van der Waals surface area (Å²) in [4.78, 5) is 0. The Hall–Kier alpha value is -9.06. The van der Waals surface area contributed by atoms with Gasteiger partial charge in [0, 0.05) is 133 Å². The van der Waals surface area contributed by atoms with E-state index in [1.807, 2.05) is 125 Å². The third-order valence-electron chi connectivity index (χ3n) is 16.2. The SMILES string of the molecule is CC.CC.CC.CC.CC.CC.CC.CC.CC.CC(C)(C)C.Cc1cc2c(c3ccccc13)c1ccccc1n2C.Cc1cc2c3ccccc3n(C)c2c2ccccc12.Cc1ccc2c3ccccc3n(C)c2c1.Cn1c2ccccc2c2ccc3c4ccccc4n(C)c3c21. The third kappa shape index (κ3) is 17.8. The Labute approximate surface area is 592 Å². The van der Waals surface area contributed by atoms with Crippen LogP contribution in [0.2, 0.25) is 0 Å². The van der Waals surface area contributed by atoms with Crippen molar-refractivity contribution in [1.29, 1.82) is 0 Å². The fourth-order valence-electron chi connectivity index (χ4n) is 12.6. The molecule has 0 bridgehead atoms. The molecule has 0 spiro atoms. The van der Waals surface area contributed by atoms with Crippen molar-refractivity contribution >= 4 is 131 Å². The molecule has 5 aromatic heterocycles. The smallest absolute Gasteiger partial charge is 0.0736 e. The lowest BCUT2D eigenvalue weighted by Gasteiger charge is -2.06. The predicted molar refractivity (Wildman–Crippen MR) is 452 cm³/mol. The van der Waals surface area contributed by atoms with Gasteiger partial charge in [0.05, 0.1) is 16.6 Å². The standard InChI is InChI=1S/C20H16N2.2C18H15N.C14H13N.C5H12.9C2H6/c1-21-17-9-5-3-7-13(17)15-11-12-16-14-8-4-6-10-18(14)22(2)20(16)19(15)21;1-12-11-16-14-8-5-6-10-17(14)19(2)18(16)15-9-4-3-7-13(12)15;1-12-11-17-18(14-8-4-3-7-13(12)14)15-9-5-6-10-16(15)19(17)2;1-10-7-8-12-11-5-3-4-6-13(11)15(2)14(12)9-10;1-5(2,3)4;9*1-2/h3-12H,1-2H3;2*3-11H,1-2H3;3-9H,1-2H3;1-4H3;9*1-2H3. The molecule has 16 rings (SSSR count). The van der Waals surface area contributed by atoms with Gasteiger partial charge in [-0.05, 0) is 108 Å². The zero-order valence-electron chi connectivity index (χ0n) is 66.4. The van der Waals surface area contributed by atoms with Gasteiger partial charge in [0.2, 0.25) is 0 Å². The molecule has 0 aliphatic carbocycles. The van der Waals surface area contributed by atoms with Crippen LogP contribution in [0.5, 0.6) is 0 Å². The minimum atomic E-state index is 0.500. The van der Waals surface area contributed by atoms with E-state index < -0.39 is 0 Å². The zero-order chi connectivity index (χ0) is 73.7. The van der Waals surface area contributed by atoms with Gasteiger partial charge >= 0.3 is 0 Å². The molecule has 11 aromatic carbocycles. The first-order valence-electron chi connectivity index (χ1n) is 37.1. The summed E-state index contributed by atoms with van der Waals surface area (Å²) in [5.74, 6) is 0. The van der Waals surface area contributed by atoms with Gasteiger partial charge in [0.15, 0.2) is 0 Å². The first-order valence-corrected chi connectivity index (χ1v) is 37.1. The lowest BCUT2D eigenvalue weighted by Crippen LogP contribution is -1.93. The molecule has 5 heteroatoms. The highest BCUT2D eigenvalue weighted by atomic mass is 15.0. The van der Waals surface area contributed by atoms with Crippen molar-refractivity contribution in [3.63, 3.8) is 0 Å². The molecule has 0 saturated heterocycles. The average Bonchev–Trinajstić information content (AvgIpc) is 1.57. The summed E-state index contributed by atoms with van der Waals surface area (Å²) >= 11 is 0. The number of aromatic nitrogens is 5. The van der Waals surface area contributed by atoms with Crippen molar-refractivity contribution < 1.29 is 0 Å². The first kappa shape index (κ1) is 83.2. The minimum absolute atomic E-state index is 0.500. The zero-order valence-corrected chi connectivity index (χ0v) is 66.4. The third-order valence-corrected chi connectivity index (χ3v) is 16.2. The van der Waals surface area contributed by atoms with Crippen molar-refractivity contribution in [3.8, 4) is 0 Å². The van der Waals surface area contributed by atoms with Crippen LogP contribution >= 0.6 is 0 Å². The van der Waals surface area contributed by atoms with E-state index in [9.17, 15) is 0 Å². The molecule has 0 saturated carbocycles. The summed E-state index contributed by atoms with van der Waals surface area (Å²) in [6.07, 6.45) is 0. The van der Waals surface area contributed by atoms with E-state index in [4.69, 9.17) is 0 Å². The monoisotopic (exact) mass is 1310 g/mol. The number of para-hydroxylation sites is 5. The van der Waals surface area contributed by atoms with E-state index in [-0.39, 0.29) is 0 Å². The van der Waals surface area contributed by atoms with E-state index in [1.54, 1.807) is 0 Å². The molecule has 5 heterocycles. The molecule has 0 N–H and O–H groups in total. The Balaban J connectivity index is 0.000000310. The van der Waals surface area contributed by atoms with E-state index in [2.05, 4.69) is 319 Å². The molecule has 0 radical (unpaired) electrons. The largest absolute Gasteiger partial charge is 0.344 e. The van der Waals surface area contributed by atoms with Crippen molar-refractivity contribution in [3.05, 3.63) is 229 Å². The van der Waals surface area contributed by atoms with Crippen LogP contribution < -0.4 is 0 Å². The Morgan fingerprint density at radius 3 is 0.857 bits per heavy atom. The number of aryl methyl sites for hydroxylation is 8. The van der Waals surface area contributed by atoms with Crippen LogP contribution in [0.3, 0.4) is 0 Å². The quantitative estimate of drug-likeness (QED) is 0.145. The molecule has 522 valence electrons. The van der Waals surface area contributed by atoms with Crippen molar-refractivity contribution in [1.82, 2.24) is 22.8 Å². The summed E-state index contributed by atoms with van der Waals surface area (Å²) in [5, 5.41) is 18.8. The second kappa shape index (κ2) is 40.6. The normalized spacial score (nSPS) is 10.1. The molecule has 5 nitrogen and oxygen atoms in total. The highest BCUT2D eigenvalue weighted by Gasteiger charge is 2.17. The van der Waals surface area contributed by atoms with Gasteiger partial charge in [-0.2, -0.15) is 0 Å². The summed E-state index contributed by atoms with van der Waals surface area (Å²) in [6.45, 7) is 51.3. The first-order chi connectivity index (χ1) is 47.6. The van der Waals surface area contributed by atoms with E-state index in [1.165, 1.54) is 147 Å². The maximum atomic E-state index is 2.33. The molecule has 0 aliphatic rings. The molecule has 0 fully saturated rings. The van der Waals surface area contributed by atoms with Crippen LogP contribution in [0.25, 0.3) is 131 Å². The van der Waals surface area contributed by atoms with Gasteiger partial charge in [-0.1, -0.05) is 316 Å². The Bertz CT molecular complexity index is 4920. The topological polar surface area (TPSA) is 24.6 Å². The summed E-state index contributed by atoms with van der Waals surface area (Å²) in [7, 11) is 10.8. The molecule has 0 amide bonds. The average molecular weight is 1310 g/mol. The molecule has 0 aliphatic heterocycles. The van der Waals surface area contributed by atoms with E-state index >= 15 is 0 Å². The molecule has 0 atom stereocenters. The molecular weight excluding hydrogens is 1190 g/mol. The van der Waals surface area contributed by atoms with Gasteiger partial charge < -0.3 is 22.8 Å². The highest BCUT2D eigenvalue weighted by Crippen LogP contribution is 2.40. The van der Waals surface area contributed by atoms with E-state index in [0.29, 0.717) is 5.41 Å². The van der Waals surface area contributed by atoms with Crippen LogP contribution in [0.4, 0.5) is 0 Å². The van der Waals surface area contributed by atoms with Crippen LogP contribution in [0.1, 0.15) is 169 Å². The molecule has 0 unspecified atom stereocenters. The number of nitrogens with zero attached hydrogens (tertiary/aromatic N) is 5. The van der Waals surface area contributed by atoms with E-state index in [0.717, 1.165) is 0 Å². The number of hydrogen-bond acceptors (Lipinski definition) is 0. The fourth-order valence-corrected chi connectivity index (χ4v) is 12.6. The van der Waals surface area contributed by atoms with Gasteiger partial charge in [-0.15, -0.1) is 0 Å². The maximum Gasteiger partial charge on any atom is 0.0736 e. The minimum Gasteiger partial charge on any atom is -0.344 e. The lowest BCUT2D eigenvalue weighted by molar-refractivity contribution is 0.469. The summed E-state index contributed by atoms with van der Waals surface area (Å²) < 4.78 is 11.5. The molecular formula is C93H125N5. The Morgan fingerprint density at radius 2 is 0.449 bits per heavy atom. The number of hydrogen-bond donors (Lipinski definition) is 0. The van der Waals surface area contributed by atoms with Gasteiger partial charge in [0.1, 0.15) is 0 Å². The second-order valence-corrected chi connectivity index (χ2v) is 23.5. The summed E-state index contributed by atoms with van der Waals surface area (Å²) in [6, 6.07) is 76.3. The maximum absolute atomic E-state index is 2.33. The summed E-state index contributed by atoms with van der Waals surface area (Å²) in [5.41, 5.74) is 17.6. The van der Waals surface area contributed by atoms with Crippen LogP contribution in [0, 0.1) is 26.2 Å². The lowest BCUT2D eigenvalue weighted by atomic mass is 10.00. The van der Waals surface area contributed by atoms with Crippen molar-refractivity contribution in [2.24, 2.45) is 40.7 Å². The molecule has 16 aromatic rings. The number of fused-ring (bicyclic) bond motifs is 20. The van der Waals surface area contributed by atoms with Crippen molar-refractivity contribution in [2.45, 2.75) is 173 Å². The van der Waals surface area contributed by atoms with Crippen LogP contribution in [-0.2, 0) is 35.2 Å². The fraction of sp³-hybridized carbons (Fsp3) is 0.333. The highest BCUT2D eigenvalue weighted by molar-refractivity contribution is 6.24. The van der Waals surface area contributed by atoms with Gasteiger partial charge in [0.25, 0.3) is 0 Å². The van der Waals surface area contributed by atoms with Crippen LogP contribution in [-0.4, -0.2) is 22.8 Å². The van der Waals surface area contributed by atoms with Gasteiger partial charge in [-0.3, -0.25) is 0 Å².